The van der Waals surface area contributed by atoms with E-state index >= 15 is 0 Å². The number of amides is 1. The molecular weight excluding hydrogens is 294 g/mol. The Morgan fingerprint density at radius 1 is 1.24 bits per heavy atom. The van der Waals surface area contributed by atoms with Crippen molar-refractivity contribution < 1.29 is 22.7 Å². The molecule has 1 rings (SSSR count). The monoisotopic (exact) mass is 313 g/mol. The molecule has 0 unspecified atom stereocenters. The minimum atomic E-state index is -3.71. The Morgan fingerprint density at radius 2 is 1.81 bits per heavy atom. The highest BCUT2D eigenvalue weighted by Crippen LogP contribution is 2.12. The van der Waals surface area contributed by atoms with Crippen molar-refractivity contribution in [3.63, 3.8) is 0 Å². The number of carbonyl (C=O) groups is 2. The molecule has 1 aromatic rings. The van der Waals surface area contributed by atoms with Gasteiger partial charge in [-0.05, 0) is 32.9 Å². The molecule has 1 amide bonds. The Balaban J connectivity index is 2.72. The van der Waals surface area contributed by atoms with E-state index in [1.54, 1.807) is 19.1 Å². The summed E-state index contributed by atoms with van der Waals surface area (Å²) < 4.78 is 28.8. The fourth-order valence-corrected chi connectivity index (χ4v) is 2.91. The van der Waals surface area contributed by atoms with Gasteiger partial charge in [-0.15, -0.1) is 0 Å². The third-order valence-corrected chi connectivity index (χ3v) is 4.46. The van der Waals surface area contributed by atoms with E-state index in [2.05, 4.69) is 10.1 Å². The van der Waals surface area contributed by atoms with Crippen LogP contribution in [0.5, 0.6) is 0 Å². The lowest BCUT2D eigenvalue weighted by Gasteiger charge is -2.12. The van der Waals surface area contributed by atoms with Crippen LogP contribution in [-0.2, 0) is 19.4 Å². The molecule has 0 heterocycles. The first-order valence-corrected chi connectivity index (χ1v) is 8.17. The van der Waals surface area contributed by atoms with Gasteiger partial charge in [-0.2, -0.15) is 0 Å². The molecule has 0 aliphatic heterocycles. The summed E-state index contributed by atoms with van der Waals surface area (Å²) in [5, 5.41) is 2.29. The van der Waals surface area contributed by atoms with Gasteiger partial charge in [0.25, 0.3) is 0 Å². The van der Waals surface area contributed by atoms with E-state index in [1.807, 2.05) is 6.92 Å². The maximum absolute atomic E-state index is 12.1. The second kappa shape index (κ2) is 7.21. The van der Waals surface area contributed by atoms with Crippen molar-refractivity contribution in [1.82, 2.24) is 5.32 Å². The third-order valence-electron chi connectivity index (χ3n) is 2.81. The Labute approximate surface area is 124 Å². The van der Waals surface area contributed by atoms with Crippen LogP contribution in [0.15, 0.2) is 29.2 Å². The largest absolute Gasteiger partial charge is 0.450 e. The molecule has 1 N–H and O–H groups in total. The Bertz CT molecular complexity index is 607. The van der Waals surface area contributed by atoms with Crippen molar-refractivity contribution in [2.24, 2.45) is 0 Å². The Hall–Kier alpha value is -1.89. The van der Waals surface area contributed by atoms with Crippen molar-refractivity contribution in [2.45, 2.75) is 31.7 Å². The minimum absolute atomic E-state index is 0.0878. The number of hydrogen-bond donors (Lipinski definition) is 1. The lowest BCUT2D eigenvalue weighted by molar-refractivity contribution is -0.118. The van der Waals surface area contributed by atoms with Crippen molar-refractivity contribution in [2.75, 3.05) is 12.4 Å². The van der Waals surface area contributed by atoms with Crippen LogP contribution in [0.1, 0.15) is 19.4 Å². The summed E-state index contributed by atoms with van der Waals surface area (Å²) in [4.78, 5) is 23.2. The van der Waals surface area contributed by atoms with E-state index in [0.717, 1.165) is 5.56 Å². The van der Waals surface area contributed by atoms with Gasteiger partial charge in [0, 0.05) is 0 Å². The molecule has 6 nitrogen and oxygen atoms in total. The average Bonchev–Trinajstić information content (AvgIpc) is 2.38. The number of rotatable bonds is 6. The molecule has 0 spiro atoms. The lowest BCUT2D eigenvalue weighted by atomic mass is 10.2. The summed E-state index contributed by atoms with van der Waals surface area (Å²) in [5.74, 6) is -1.26. The van der Waals surface area contributed by atoms with E-state index < -0.39 is 33.5 Å². The van der Waals surface area contributed by atoms with Crippen LogP contribution in [-0.4, -0.2) is 38.7 Å². The molecule has 21 heavy (non-hydrogen) atoms. The van der Waals surface area contributed by atoms with Gasteiger partial charge in [0.15, 0.2) is 15.6 Å². The number of ketones is 1. The van der Waals surface area contributed by atoms with Crippen molar-refractivity contribution in [1.29, 1.82) is 0 Å². The summed E-state index contributed by atoms with van der Waals surface area (Å²) in [6.45, 7) is 5.07. The van der Waals surface area contributed by atoms with Gasteiger partial charge in [0.1, 0.15) is 5.75 Å². The van der Waals surface area contributed by atoms with Crippen LogP contribution < -0.4 is 5.32 Å². The molecule has 0 aliphatic carbocycles. The molecule has 1 atom stereocenters. The second-order valence-electron chi connectivity index (χ2n) is 4.62. The fraction of sp³-hybridized carbons (Fsp3) is 0.429. The SMILES string of the molecule is CCOC(=O)N[C@@H](C)C(=O)CS(=O)(=O)c1ccc(C)cc1. The Morgan fingerprint density at radius 3 is 2.33 bits per heavy atom. The number of aryl methyl sites for hydroxylation is 1. The number of nitrogens with one attached hydrogen (secondary N) is 1. The zero-order chi connectivity index (χ0) is 16.0. The maximum atomic E-state index is 12.1. The summed E-state index contributed by atoms with van der Waals surface area (Å²) in [5.41, 5.74) is 0.928. The van der Waals surface area contributed by atoms with Crippen LogP contribution in [0.2, 0.25) is 0 Å². The predicted molar refractivity (Wildman–Crippen MR) is 77.9 cm³/mol. The first-order valence-electron chi connectivity index (χ1n) is 6.51. The highest BCUT2D eigenvalue weighted by molar-refractivity contribution is 7.92. The number of carbonyl (C=O) groups excluding carboxylic acids is 2. The van der Waals surface area contributed by atoms with Crippen LogP contribution in [0.4, 0.5) is 4.79 Å². The van der Waals surface area contributed by atoms with Crippen molar-refractivity contribution >= 4 is 21.7 Å². The number of benzene rings is 1. The van der Waals surface area contributed by atoms with E-state index in [4.69, 9.17) is 0 Å². The topological polar surface area (TPSA) is 89.5 Å². The molecule has 7 heteroatoms. The van der Waals surface area contributed by atoms with Gasteiger partial charge in [0.2, 0.25) is 0 Å². The molecule has 0 bridgehead atoms. The van der Waals surface area contributed by atoms with E-state index in [-0.39, 0.29) is 11.5 Å². The van der Waals surface area contributed by atoms with Crippen LogP contribution in [0, 0.1) is 6.92 Å². The number of hydrogen-bond acceptors (Lipinski definition) is 5. The van der Waals surface area contributed by atoms with Gasteiger partial charge in [-0.1, -0.05) is 17.7 Å². The molecule has 0 saturated carbocycles. The zero-order valence-electron chi connectivity index (χ0n) is 12.3. The van der Waals surface area contributed by atoms with Gasteiger partial charge >= 0.3 is 6.09 Å². The third kappa shape index (κ3) is 5.18. The normalized spacial score (nSPS) is 12.5. The molecule has 0 aliphatic rings. The molecule has 116 valence electrons. The summed E-state index contributed by atoms with van der Waals surface area (Å²) in [6.07, 6.45) is -0.744. The van der Waals surface area contributed by atoms with Gasteiger partial charge in [0.05, 0.1) is 17.5 Å². The van der Waals surface area contributed by atoms with Gasteiger partial charge < -0.3 is 10.1 Å². The second-order valence-corrected chi connectivity index (χ2v) is 6.61. The number of alkyl carbamates (subject to hydrolysis) is 1. The number of ether oxygens (including phenoxy) is 1. The van der Waals surface area contributed by atoms with E-state index in [1.165, 1.54) is 19.1 Å². The minimum Gasteiger partial charge on any atom is -0.450 e. The van der Waals surface area contributed by atoms with Gasteiger partial charge in [-0.25, -0.2) is 13.2 Å². The summed E-state index contributed by atoms with van der Waals surface area (Å²) in [6, 6.07) is 5.32. The van der Waals surface area contributed by atoms with E-state index in [0.29, 0.717) is 0 Å². The fourth-order valence-electron chi connectivity index (χ4n) is 1.57. The summed E-state index contributed by atoms with van der Waals surface area (Å²) in [7, 11) is -3.71. The lowest BCUT2D eigenvalue weighted by Crippen LogP contribution is -2.41. The highest BCUT2D eigenvalue weighted by atomic mass is 32.2. The molecule has 0 saturated heterocycles. The smallest absolute Gasteiger partial charge is 0.407 e. The van der Waals surface area contributed by atoms with Crippen molar-refractivity contribution in [3.05, 3.63) is 29.8 Å². The molecular formula is C14H19NO5S. The van der Waals surface area contributed by atoms with E-state index in [9.17, 15) is 18.0 Å². The molecule has 1 aromatic carbocycles. The van der Waals surface area contributed by atoms with Gasteiger partial charge in [-0.3, -0.25) is 4.79 Å². The number of Topliss-reactive ketones (excluding diaryl/α,β-unsaturated/α-hetero) is 1. The molecule has 0 fully saturated rings. The maximum Gasteiger partial charge on any atom is 0.407 e. The first-order chi connectivity index (χ1) is 9.76. The Kier molecular flexibility index (Phi) is 5.90. The predicted octanol–water partition coefficient (Wildman–Crippen LogP) is 1.47. The van der Waals surface area contributed by atoms with Crippen LogP contribution >= 0.6 is 0 Å². The van der Waals surface area contributed by atoms with Crippen LogP contribution in [0.3, 0.4) is 0 Å². The standard InChI is InChI=1S/C14H19NO5S/c1-4-20-14(17)15-11(3)13(16)9-21(18,19)12-7-5-10(2)6-8-12/h5-8,11H,4,9H2,1-3H3,(H,15,17)/t11-/m0/s1. The number of sulfone groups is 1. The molecule has 0 radical (unpaired) electrons. The first kappa shape index (κ1) is 17.2. The van der Waals surface area contributed by atoms with Crippen LogP contribution in [0.25, 0.3) is 0 Å². The average molecular weight is 313 g/mol. The quantitative estimate of drug-likeness (QED) is 0.859. The molecule has 0 aromatic heterocycles. The van der Waals surface area contributed by atoms with Crippen molar-refractivity contribution in [3.8, 4) is 0 Å². The highest BCUT2D eigenvalue weighted by Gasteiger charge is 2.24. The summed E-state index contributed by atoms with van der Waals surface area (Å²) >= 11 is 0. The zero-order valence-corrected chi connectivity index (χ0v) is 13.1.